The first-order valence-corrected chi connectivity index (χ1v) is 11.2. The summed E-state index contributed by atoms with van der Waals surface area (Å²) in [5.41, 5.74) is 1.80. The summed E-state index contributed by atoms with van der Waals surface area (Å²) >= 11 is 2.78. The monoisotopic (exact) mass is 435 g/mol. The van der Waals surface area contributed by atoms with Gasteiger partial charge < -0.3 is 9.15 Å². The van der Waals surface area contributed by atoms with Crippen LogP contribution in [0.25, 0.3) is 10.8 Å². The molecule has 1 aliphatic rings. The number of amides is 1. The van der Waals surface area contributed by atoms with Crippen LogP contribution in [0.15, 0.2) is 81.8 Å². The first-order valence-electron chi connectivity index (χ1n) is 9.38. The molecule has 8 heteroatoms. The van der Waals surface area contributed by atoms with Crippen LogP contribution in [-0.2, 0) is 4.79 Å². The van der Waals surface area contributed by atoms with Gasteiger partial charge in [-0.3, -0.25) is 9.69 Å². The standard InChI is InChI=1S/C22H17N3O3S2/c26-20(14-30-22-24-23-21(28-22)19-11-6-12-29-19)25-16-9-4-5-10-18(16)27-13-17(25)15-7-2-1-3-8-15/h1-12,17H,13-14H2/t17-/m0/s1. The number of rotatable bonds is 5. The highest BCUT2D eigenvalue weighted by Gasteiger charge is 2.33. The van der Waals surface area contributed by atoms with Crippen LogP contribution in [0.1, 0.15) is 11.6 Å². The summed E-state index contributed by atoms with van der Waals surface area (Å²) in [6.45, 7) is 0.403. The smallest absolute Gasteiger partial charge is 0.277 e. The highest BCUT2D eigenvalue weighted by molar-refractivity contribution is 7.99. The van der Waals surface area contributed by atoms with E-state index in [0.717, 1.165) is 16.1 Å². The average Bonchev–Trinajstić information content (AvgIpc) is 3.49. The molecule has 0 aliphatic carbocycles. The van der Waals surface area contributed by atoms with E-state index in [2.05, 4.69) is 10.2 Å². The average molecular weight is 436 g/mol. The molecule has 1 aliphatic heterocycles. The number of fused-ring (bicyclic) bond motifs is 1. The van der Waals surface area contributed by atoms with E-state index < -0.39 is 0 Å². The number of nitrogens with zero attached hydrogens (tertiary/aromatic N) is 3. The van der Waals surface area contributed by atoms with E-state index in [1.165, 1.54) is 23.1 Å². The minimum absolute atomic E-state index is 0.0412. The fourth-order valence-electron chi connectivity index (χ4n) is 3.38. The topological polar surface area (TPSA) is 68.5 Å². The lowest BCUT2D eigenvalue weighted by molar-refractivity contribution is -0.117. The van der Waals surface area contributed by atoms with Gasteiger partial charge in [-0.05, 0) is 29.1 Å². The van der Waals surface area contributed by atoms with Crippen molar-refractivity contribution in [2.45, 2.75) is 11.3 Å². The number of hydrogen-bond donors (Lipinski definition) is 0. The summed E-state index contributed by atoms with van der Waals surface area (Å²) in [5, 5.41) is 10.5. The zero-order valence-corrected chi connectivity index (χ0v) is 17.4. The van der Waals surface area contributed by atoms with Gasteiger partial charge in [0, 0.05) is 0 Å². The van der Waals surface area contributed by atoms with Crippen molar-refractivity contribution in [2.75, 3.05) is 17.3 Å². The highest BCUT2D eigenvalue weighted by Crippen LogP contribution is 2.40. The number of benzene rings is 2. The van der Waals surface area contributed by atoms with Gasteiger partial charge in [0.2, 0.25) is 5.91 Å². The molecular weight excluding hydrogens is 418 g/mol. The number of hydrogen-bond acceptors (Lipinski definition) is 7. The zero-order valence-electron chi connectivity index (χ0n) is 15.8. The Morgan fingerprint density at radius 2 is 1.90 bits per heavy atom. The van der Waals surface area contributed by atoms with Gasteiger partial charge in [0.15, 0.2) is 0 Å². The third kappa shape index (κ3) is 3.71. The van der Waals surface area contributed by atoms with Crippen LogP contribution in [0.3, 0.4) is 0 Å². The fourth-order valence-corrected chi connectivity index (χ4v) is 4.65. The molecule has 0 saturated heterocycles. The molecule has 30 heavy (non-hydrogen) atoms. The van der Waals surface area contributed by atoms with Crippen LogP contribution >= 0.6 is 23.1 Å². The van der Waals surface area contributed by atoms with Crippen molar-refractivity contribution in [3.8, 4) is 16.5 Å². The Kier molecular flexibility index (Phi) is 5.25. The largest absolute Gasteiger partial charge is 0.489 e. The molecule has 3 heterocycles. The van der Waals surface area contributed by atoms with Crippen molar-refractivity contribution in [2.24, 2.45) is 0 Å². The molecule has 0 spiro atoms. The minimum atomic E-state index is -0.196. The molecule has 1 atom stereocenters. The maximum atomic E-state index is 13.3. The van der Waals surface area contributed by atoms with E-state index in [1.807, 2.05) is 77.0 Å². The van der Waals surface area contributed by atoms with Crippen LogP contribution in [0.2, 0.25) is 0 Å². The van der Waals surface area contributed by atoms with Gasteiger partial charge in [-0.25, -0.2) is 0 Å². The van der Waals surface area contributed by atoms with Crippen LogP contribution in [0, 0.1) is 0 Å². The fraction of sp³-hybridized carbons (Fsp3) is 0.136. The van der Waals surface area contributed by atoms with Gasteiger partial charge in [0.05, 0.1) is 22.4 Å². The van der Waals surface area contributed by atoms with E-state index in [4.69, 9.17) is 9.15 Å². The van der Waals surface area contributed by atoms with Crippen molar-refractivity contribution >= 4 is 34.7 Å². The lowest BCUT2D eigenvalue weighted by atomic mass is 10.0. The lowest BCUT2D eigenvalue weighted by Gasteiger charge is -2.37. The first kappa shape index (κ1) is 18.9. The highest BCUT2D eigenvalue weighted by atomic mass is 32.2. The summed E-state index contributed by atoms with van der Waals surface area (Å²) in [5.74, 6) is 1.32. The van der Waals surface area contributed by atoms with Gasteiger partial charge in [-0.1, -0.05) is 60.3 Å². The maximum Gasteiger partial charge on any atom is 0.277 e. The molecule has 2 aromatic carbocycles. The van der Waals surface area contributed by atoms with Crippen molar-refractivity contribution in [1.29, 1.82) is 0 Å². The summed E-state index contributed by atoms with van der Waals surface area (Å²) < 4.78 is 11.6. The van der Waals surface area contributed by atoms with E-state index in [1.54, 1.807) is 0 Å². The Morgan fingerprint density at radius 3 is 2.73 bits per heavy atom. The number of carbonyl (C=O) groups excluding carboxylic acids is 1. The van der Waals surface area contributed by atoms with E-state index >= 15 is 0 Å². The molecule has 6 nitrogen and oxygen atoms in total. The van der Waals surface area contributed by atoms with Crippen LogP contribution in [0.4, 0.5) is 5.69 Å². The Labute approximate surface area is 181 Å². The molecule has 0 saturated carbocycles. The normalized spacial score (nSPS) is 15.5. The van der Waals surface area contributed by atoms with Gasteiger partial charge in [-0.2, -0.15) is 0 Å². The number of thioether (sulfide) groups is 1. The number of thiophene rings is 1. The molecular formula is C22H17N3O3S2. The second-order valence-electron chi connectivity index (χ2n) is 6.61. The predicted octanol–water partition coefficient (Wildman–Crippen LogP) is 5.06. The third-order valence-electron chi connectivity index (χ3n) is 4.74. The molecule has 0 N–H and O–H groups in total. The van der Waals surface area contributed by atoms with Crippen molar-refractivity contribution in [3.05, 3.63) is 77.7 Å². The Balaban J connectivity index is 1.38. The van der Waals surface area contributed by atoms with Crippen LogP contribution in [-0.4, -0.2) is 28.5 Å². The molecule has 1 amide bonds. The molecule has 0 fully saturated rings. The third-order valence-corrected chi connectivity index (χ3v) is 6.40. The van der Waals surface area contributed by atoms with Crippen molar-refractivity contribution < 1.29 is 13.9 Å². The maximum absolute atomic E-state index is 13.3. The summed E-state index contributed by atoms with van der Waals surface area (Å²) in [6.07, 6.45) is 0. The second kappa shape index (κ2) is 8.33. The van der Waals surface area contributed by atoms with E-state index in [9.17, 15) is 4.79 Å². The number of anilines is 1. The minimum Gasteiger partial charge on any atom is -0.489 e. The number of carbonyl (C=O) groups is 1. The molecule has 2 aromatic heterocycles. The lowest BCUT2D eigenvalue weighted by Crippen LogP contribution is -2.42. The van der Waals surface area contributed by atoms with Crippen molar-refractivity contribution in [1.82, 2.24) is 10.2 Å². The quantitative estimate of drug-likeness (QED) is 0.408. The SMILES string of the molecule is O=C(CSc1nnc(-c2cccs2)o1)N1c2ccccc2OC[C@H]1c1ccccc1. The van der Waals surface area contributed by atoms with Crippen LogP contribution < -0.4 is 9.64 Å². The molecule has 0 unspecified atom stereocenters. The predicted molar refractivity (Wildman–Crippen MR) is 117 cm³/mol. The van der Waals surface area contributed by atoms with E-state index in [0.29, 0.717) is 23.5 Å². The summed E-state index contributed by atoms with van der Waals surface area (Å²) in [4.78, 5) is 16.0. The first-order chi connectivity index (χ1) is 14.8. The van der Waals surface area contributed by atoms with Gasteiger partial charge in [0.1, 0.15) is 12.4 Å². The molecule has 150 valence electrons. The molecule has 5 rings (SSSR count). The number of para-hydroxylation sites is 2. The van der Waals surface area contributed by atoms with Gasteiger partial charge in [-0.15, -0.1) is 21.5 Å². The number of ether oxygens (including phenoxy) is 1. The second-order valence-corrected chi connectivity index (χ2v) is 8.48. The summed E-state index contributed by atoms with van der Waals surface area (Å²) in [7, 11) is 0. The Bertz CT molecular complexity index is 1150. The van der Waals surface area contributed by atoms with E-state index in [-0.39, 0.29) is 17.7 Å². The Morgan fingerprint density at radius 1 is 1.07 bits per heavy atom. The van der Waals surface area contributed by atoms with Gasteiger partial charge >= 0.3 is 0 Å². The molecule has 0 bridgehead atoms. The Hall–Kier alpha value is -3.10. The number of aromatic nitrogens is 2. The van der Waals surface area contributed by atoms with Crippen LogP contribution in [0.5, 0.6) is 5.75 Å². The zero-order chi connectivity index (χ0) is 20.3. The summed E-state index contributed by atoms with van der Waals surface area (Å²) in [6, 6.07) is 21.2. The molecule has 4 aromatic rings. The van der Waals surface area contributed by atoms with Gasteiger partial charge in [0.25, 0.3) is 11.1 Å². The molecule has 0 radical (unpaired) electrons. The van der Waals surface area contributed by atoms with Crippen molar-refractivity contribution in [3.63, 3.8) is 0 Å².